The Morgan fingerprint density at radius 2 is 1.66 bits per heavy atom. The summed E-state index contributed by atoms with van der Waals surface area (Å²) in [6.07, 6.45) is 19.5. The smallest absolute Gasteiger partial charge is 0.0625 e. The highest BCUT2D eigenvalue weighted by molar-refractivity contribution is 5.98. The summed E-state index contributed by atoms with van der Waals surface area (Å²) >= 11 is 0. The molecule has 0 amide bonds. The molecule has 35 heavy (non-hydrogen) atoms. The molecule has 0 spiro atoms. The summed E-state index contributed by atoms with van der Waals surface area (Å²) < 4.78 is 0. The maximum absolute atomic E-state index is 4.65. The summed E-state index contributed by atoms with van der Waals surface area (Å²) in [6.45, 7) is 17.5. The van der Waals surface area contributed by atoms with Crippen LogP contribution < -0.4 is 0 Å². The van der Waals surface area contributed by atoms with Crippen molar-refractivity contribution in [2.45, 2.75) is 118 Å². The Kier molecular flexibility index (Phi) is 9.79. The Labute approximate surface area is 216 Å². The number of hydrogen-bond donors (Lipinski definition) is 0. The molecule has 1 nitrogen and oxygen atoms in total. The maximum atomic E-state index is 4.65. The van der Waals surface area contributed by atoms with E-state index in [4.69, 9.17) is 0 Å². The van der Waals surface area contributed by atoms with E-state index >= 15 is 0 Å². The molecule has 4 rings (SSSR count). The third-order valence-electron chi connectivity index (χ3n) is 8.60. The van der Waals surface area contributed by atoms with E-state index in [1.165, 1.54) is 69.1 Å². The molecule has 1 aliphatic heterocycles. The van der Waals surface area contributed by atoms with Gasteiger partial charge in [0.25, 0.3) is 0 Å². The van der Waals surface area contributed by atoms with Crippen molar-refractivity contribution in [3.05, 3.63) is 71.5 Å². The summed E-state index contributed by atoms with van der Waals surface area (Å²) in [5, 5.41) is 0. The molecule has 1 aromatic carbocycles. The Hall–Kier alpha value is -1.89. The van der Waals surface area contributed by atoms with Crippen molar-refractivity contribution in [2.75, 3.05) is 0 Å². The lowest BCUT2D eigenvalue weighted by Gasteiger charge is -2.45. The first kappa shape index (κ1) is 27.7. The molecule has 192 valence electrons. The molecule has 1 saturated carbocycles. The van der Waals surface area contributed by atoms with Crippen molar-refractivity contribution in [2.24, 2.45) is 21.7 Å². The minimum atomic E-state index is 0.0800. The number of nitrogens with zero attached hydrogens (tertiary/aromatic N) is 1. The summed E-state index contributed by atoms with van der Waals surface area (Å²) in [6, 6.07) is 11.3. The highest BCUT2D eigenvalue weighted by Crippen LogP contribution is 2.52. The van der Waals surface area contributed by atoms with Crippen LogP contribution in [0.1, 0.15) is 124 Å². The zero-order chi connectivity index (χ0) is 25.5. The van der Waals surface area contributed by atoms with Crippen LogP contribution >= 0.6 is 0 Å². The lowest BCUT2D eigenvalue weighted by atomic mass is 9.60. The molecule has 1 fully saturated rings. The molecule has 2 aliphatic carbocycles. The van der Waals surface area contributed by atoms with Crippen molar-refractivity contribution in [3.63, 3.8) is 0 Å². The molecule has 0 radical (unpaired) electrons. The molecule has 3 atom stereocenters. The average molecular weight is 474 g/mol. The number of rotatable bonds is 8. The van der Waals surface area contributed by atoms with Crippen molar-refractivity contribution in [3.8, 4) is 0 Å². The molecule has 1 heterocycles. The molecular weight excluding hydrogens is 422 g/mol. The minimum Gasteiger partial charge on any atom is -0.257 e. The highest BCUT2D eigenvalue weighted by atomic mass is 14.8. The van der Waals surface area contributed by atoms with Crippen LogP contribution in [0.15, 0.2) is 70.9 Å². The Balaban J connectivity index is 0.000000211. The molecule has 0 aromatic heterocycles. The van der Waals surface area contributed by atoms with Crippen LogP contribution in [-0.2, 0) is 0 Å². The first-order chi connectivity index (χ1) is 16.7. The number of benzene rings is 1. The van der Waals surface area contributed by atoms with Gasteiger partial charge in [0, 0.05) is 11.1 Å². The number of hydrogen-bond acceptors (Lipinski definition) is 1. The fourth-order valence-electron chi connectivity index (χ4n) is 7.22. The predicted octanol–water partition coefficient (Wildman–Crippen LogP) is 10.6. The third kappa shape index (κ3) is 7.08. The van der Waals surface area contributed by atoms with Crippen molar-refractivity contribution < 1.29 is 0 Å². The lowest BCUT2D eigenvalue weighted by Crippen LogP contribution is -2.32. The van der Waals surface area contributed by atoms with Gasteiger partial charge in [-0.3, -0.25) is 4.99 Å². The minimum absolute atomic E-state index is 0.0800. The molecule has 1 heteroatoms. The fourth-order valence-corrected chi connectivity index (χ4v) is 7.22. The van der Waals surface area contributed by atoms with Gasteiger partial charge in [0.2, 0.25) is 0 Å². The Morgan fingerprint density at radius 1 is 0.971 bits per heavy atom. The molecule has 0 N–H and O–H groups in total. The second kappa shape index (κ2) is 12.4. The van der Waals surface area contributed by atoms with Gasteiger partial charge in [0.15, 0.2) is 0 Å². The lowest BCUT2D eigenvalue weighted by molar-refractivity contribution is 0.0904. The first-order valence-corrected chi connectivity index (χ1v) is 14.4. The first-order valence-electron chi connectivity index (χ1n) is 14.4. The molecule has 3 unspecified atom stereocenters. The van der Waals surface area contributed by atoms with Crippen molar-refractivity contribution >= 4 is 5.71 Å². The largest absolute Gasteiger partial charge is 0.257 e. The molecule has 1 aromatic rings. The van der Waals surface area contributed by atoms with Gasteiger partial charge in [-0.2, -0.15) is 0 Å². The molecule has 0 bridgehead atoms. The van der Waals surface area contributed by atoms with E-state index in [1.54, 1.807) is 5.56 Å². The Bertz CT molecular complexity index is 925. The summed E-state index contributed by atoms with van der Waals surface area (Å²) in [5.74, 6) is 1.75. The monoisotopic (exact) mass is 473 g/mol. The maximum Gasteiger partial charge on any atom is 0.0625 e. The third-order valence-corrected chi connectivity index (χ3v) is 8.60. The fraction of sp³-hybridized carbons (Fsp3) is 0.618. The number of allylic oxidation sites excluding steroid dienone is 4. The predicted molar refractivity (Wildman–Crippen MR) is 155 cm³/mol. The Morgan fingerprint density at radius 3 is 2.26 bits per heavy atom. The summed E-state index contributed by atoms with van der Waals surface area (Å²) in [7, 11) is 0. The van der Waals surface area contributed by atoms with Gasteiger partial charge in [-0.05, 0) is 100 Å². The second-order valence-electron chi connectivity index (χ2n) is 12.0. The van der Waals surface area contributed by atoms with Gasteiger partial charge < -0.3 is 0 Å². The van der Waals surface area contributed by atoms with Crippen LogP contribution in [0.25, 0.3) is 0 Å². The van der Waals surface area contributed by atoms with Gasteiger partial charge in [0.1, 0.15) is 0 Å². The summed E-state index contributed by atoms with van der Waals surface area (Å²) in [4.78, 5) is 4.65. The van der Waals surface area contributed by atoms with Crippen LogP contribution in [-0.4, -0.2) is 5.71 Å². The average Bonchev–Trinajstić information content (AvgIpc) is 3.17. The van der Waals surface area contributed by atoms with Crippen LogP contribution in [0.3, 0.4) is 0 Å². The van der Waals surface area contributed by atoms with Crippen molar-refractivity contribution in [1.29, 1.82) is 0 Å². The molecule has 0 saturated heterocycles. The standard InChI is InChI=1S/C21H34.C13H17N/c1-4-10-18-15-20(19-11-8-7-9-12-19)17-21(16-18,13-5-2)14-6-3;1-9(2)11-8-13(4)7-10(3)5-6-12(13)14-11/h7-9,11-12,18,20H,4-6,10,13-17H2,1-3H3;7-8H,1,5-6H2,2-4H3. The zero-order valence-corrected chi connectivity index (χ0v) is 23.6. The van der Waals surface area contributed by atoms with Crippen LogP contribution in [0.4, 0.5) is 0 Å². The van der Waals surface area contributed by atoms with E-state index in [-0.39, 0.29) is 5.41 Å². The van der Waals surface area contributed by atoms with E-state index in [0.717, 1.165) is 35.9 Å². The van der Waals surface area contributed by atoms with Gasteiger partial charge in [-0.25, -0.2) is 0 Å². The second-order valence-corrected chi connectivity index (χ2v) is 12.0. The molecule has 3 aliphatic rings. The number of aliphatic imine (C=N–C) groups is 1. The van der Waals surface area contributed by atoms with Gasteiger partial charge >= 0.3 is 0 Å². The normalized spacial score (nSPS) is 27.1. The summed E-state index contributed by atoms with van der Waals surface area (Å²) in [5.41, 5.74) is 7.23. The quantitative estimate of drug-likeness (QED) is 0.333. The van der Waals surface area contributed by atoms with Gasteiger partial charge in [-0.1, -0.05) is 95.0 Å². The van der Waals surface area contributed by atoms with E-state index < -0.39 is 0 Å². The van der Waals surface area contributed by atoms with E-state index in [9.17, 15) is 0 Å². The number of fused-ring (bicyclic) bond motifs is 1. The van der Waals surface area contributed by atoms with Gasteiger partial charge in [0.05, 0.1) is 5.70 Å². The SMILES string of the molecule is C=C(C)C1=CC2(C)C=C(C)CCC2=N1.CCCC1CC(c2ccccc2)CC(CCC)(CCC)C1. The topological polar surface area (TPSA) is 12.4 Å². The van der Waals surface area contributed by atoms with E-state index in [1.807, 2.05) is 6.92 Å². The molecular formula is C34H51N. The zero-order valence-electron chi connectivity index (χ0n) is 23.6. The van der Waals surface area contributed by atoms with Crippen molar-refractivity contribution in [1.82, 2.24) is 0 Å². The van der Waals surface area contributed by atoms with E-state index in [0.29, 0.717) is 5.41 Å². The van der Waals surface area contributed by atoms with Crippen LogP contribution in [0.5, 0.6) is 0 Å². The highest BCUT2D eigenvalue weighted by Gasteiger charge is 2.39. The van der Waals surface area contributed by atoms with Crippen LogP contribution in [0, 0.1) is 16.7 Å². The van der Waals surface area contributed by atoms with E-state index in [2.05, 4.69) is 88.7 Å². The van der Waals surface area contributed by atoms with Crippen LogP contribution in [0.2, 0.25) is 0 Å². The van der Waals surface area contributed by atoms with Gasteiger partial charge in [-0.15, -0.1) is 0 Å².